The van der Waals surface area contributed by atoms with Crippen LogP contribution in [0.3, 0.4) is 0 Å². The molecule has 2 N–H and O–H groups in total. The van der Waals surface area contributed by atoms with Gasteiger partial charge in [0, 0.05) is 47.8 Å². The van der Waals surface area contributed by atoms with Crippen LogP contribution in [0.15, 0.2) is 30.6 Å². The summed E-state index contributed by atoms with van der Waals surface area (Å²) >= 11 is 0. The lowest BCUT2D eigenvalue weighted by Crippen LogP contribution is -2.39. The first-order chi connectivity index (χ1) is 14.5. The zero-order valence-electron chi connectivity index (χ0n) is 17.4. The first-order valence-electron chi connectivity index (χ1n) is 9.90. The van der Waals surface area contributed by atoms with Crippen LogP contribution in [0.25, 0.3) is 22.0 Å². The van der Waals surface area contributed by atoms with E-state index in [0.29, 0.717) is 11.5 Å². The Morgan fingerprint density at radius 2 is 1.80 bits per heavy atom. The molecule has 0 spiro atoms. The molecule has 3 aromatic rings. The summed E-state index contributed by atoms with van der Waals surface area (Å²) in [5.74, 6) is 1.94. The molecule has 8 nitrogen and oxygen atoms in total. The topological polar surface area (TPSA) is 103 Å². The molecule has 0 atom stereocenters. The molecule has 0 aliphatic carbocycles. The van der Waals surface area contributed by atoms with Crippen molar-refractivity contribution in [2.75, 3.05) is 32.2 Å². The predicted octanol–water partition coefficient (Wildman–Crippen LogP) is 2.72. The lowest BCUT2D eigenvalue weighted by molar-refractivity contribution is -0.122. The number of fused-ring (bicyclic) bond motifs is 1. The van der Waals surface area contributed by atoms with E-state index in [1.807, 2.05) is 25.3 Å². The molecule has 1 fully saturated rings. The van der Waals surface area contributed by atoms with E-state index >= 15 is 0 Å². The number of hydrogen-bond donors (Lipinski definition) is 1. The number of methoxy groups -OCH3 is 2. The largest absolute Gasteiger partial charge is 0.493 e. The third kappa shape index (κ3) is 3.60. The molecule has 156 valence electrons. The molecule has 1 saturated heterocycles. The van der Waals surface area contributed by atoms with E-state index in [2.05, 4.69) is 21.2 Å². The second-order valence-electron chi connectivity index (χ2n) is 7.51. The van der Waals surface area contributed by atoms with Gasteiger partial charge in [0.05, 0.1) is 25.9 Å². The van der Waals surface area contributed by atoms with Gasteiger partial charge in [0.2, 0.25) is 5.91 Å². The number of nitrogens with two attached hydrogens (primary N) is 1. The van der Waals surface area contributed by atoms with Gasteiger partial charge in [-0.05, 0) is 37.5 Å². The molecule has 4 rings (SSSR count). The molecule has 30 heavy (non-hydrogen) atoms. The van der Waals surface area contributed by atoms with Gasteiger partial charge >= 0.3 is 0 Å². The van der Waals surface area contributed by atoms with Crippen molar-refractivity contribution in [2.45, 2.75) is 19.8 Å². The normalized spacial score (nSPS) is 14.7. The highest BCUT2D eigenvalue weighted by molar-refractivity contribution is 5.95. The number of pyridine rings is 1. The van der Waals surface area contributed by atoms with E-state index in [0.717, 1.165) is 59.3 Å². The molecular formula is C22H25N5O3. The van der Waals surface area contributed by atoms with Crippen LogP contribution in [0.4, 0.5) is 5.82 Å². The highest BCUT2D eigenvalue weighted by atomic mass is 16.5. The first-order valence-corrected chi connectivity index (χ1v) is 9.90. The molecule has 0 saturated carbocycles. The Balaban J connectivity index is 1.68. The lowest BCUT2D eigenvalue weighted by atomic mass is 9.96. The summed E-state index contributed by atoms with van der Waals surface area (Å²) in [4.78, 5) is 18.4. The molecule has 0 unspecified atom stereocenters. The molecule has 8 heteroatoms. The van der Waals surface area contributed by atoms with Crippen molar-refractivity contribution < 1.29 is 14.3 Å². The second kappa shape index (κ2) is 8.14. The summed E-state index contributed by atoms with van der Waals surface area (Å²) in [7, 11) is 3.21. The van der Waals surface area contributed by atoms with Crippen molar-refractivity contribution in [3.8, 4) is 22.6 Å². The Hall–Kier alpha value is -3.42. The molecule has 0 radical (unpaired) electrons. The van der Waals surface area contributed by atoms with Gasteiger partial charge in [0.1, 0.15) is 5.82 Å². The van der Waals surface area contributed by atoms with E-state index < -0.39 is 0 Å². The number of piperidine rings is 1. The molecule has 2 aromatic heterocycles. The van der Waals surface area contributed by atoms with Crippen molar-refractivity contribution in [1.82, 2.24) is 15.2 Å². The Morgan fingerprint density at radius 1 is 1.10 bits per heavy atom. The molecule has 3 heterocycles. The van der Waals surface area contributed by atoms with Crippen molar-refractivity contribution in [3.05, 3.63) is 36.2 Å². The van der Waals surface area contributed by atoms with Crippen molar-refractivity contribution in [3.63, 3.8) is 0 Å². The first kappa shape index (κ1) is 19.9. The number of carbonyl (C=O) groups excluding carboxylic acids is 1. The van der Waals surface area contributed by atoms with E-state index in [1.54, 1.807) is 20.4 Å². The van der Waals surface area contributed by atoms with Crippen LogP contribution in [0, 0.1) is 12.8 Å². The standard InChI is InChI=1S/C22H25N5O3/c1-13-8-15(11-24-22(13)27-6-4-14(5-7-27)21(23)28)17-12-25-26-18-10-20(30-3)19(29-2)9-16(17)18/h8-12,14H,4-7H2,1-3H3,(H2,23,28). The fourth-order valence-corrected chi connectivity index (χ4v) is 4.04. The summed E-state index contributed by atoms with van der Waals surface area (Å²) in [6, 6.07) is 5.84. The molecule has 1 aliphatic heterocycles. The van der Waals surface area contributed by atoms with Crippen LogP contribution >= 0.6 is 0 Å². The maximum atomic E-state index is 11.4. The summed E-state index contributed by atoms with van der Waals surface area (Å²) in [5.41, 5.74) is 9.12. The van der Waals surface area contributed by atoms with Crippen LogP contribution < -0.4 is 20.1 Å². The van der Waals surface area contributed by atoms with E-state index in [4.69, 9.17) is 20.2 Å². The van der Waals surface area contributed by atoms with Gasteiger partial charge < -0.3 is 20.1 Å². The number of primary amides is 1. The molecule has 1 aromatic carbocycles. The second-order valence-corrected chi connectivity index (χ2v) is 7.51. The monoisotopic (exact) mass is 407 g/mol. The number of aromatic nitrogens is 3. The average molecular weight is 407 g/mol. The van der Waals surface area contributed by atoms with E-state index in [1.165, 1.54) is 0 Å². The number of hydrogen-bond acceptors (Lipinski definition) is 7. The minimum absolute atomic E-state index is 0.0398. The fourth-order valence-electron chi connectivity index (χ4n) is 4.04. The van der Waals surface area contributed by atoms with Gasteiger partial charge in [-0.2, -0.15) is 10.2 Å². The number of aryl methyl sites for hydroxylation is 1. The maximum absolute atomic E-state index is 11.4. The van der Waals surface area contributed by atoms with E-state index in [9.17, 15) is 4.79 Å². The van der Waals surface area contributed by atoms with Gasteiger partial charge in [-0.3, -0.25) is 4.79 Å². The quantitative estimate of drug-likeness (QED) is 0.693. The number of ether oxygens (including phenoxy) is 2. The number of anilines is 1. The van der Waals surface area contributed by atoms with Gasteiger partial charge in [-0.1, -0.05) is 0 Å². The average Bonchev–Trinajstić information content (AvgIpc) is 2.77. The fraction of sp³-hybridized carbons (Fsp3) is 0.364. The molecular weight excluding hydrogens is 382 g/mol. The van der Waals surface area contributed by atoms with Crippen LogP contribution in [0.2, 0.25) is 0 Å². The van der Waals surface area contributed by atoms with Gasteiger partial charge in [0.15, 0.2) is 11.5 Å². The van der Waals surface area contributed by atoms with Gasteiger partial charge in [-0.25, -0.2) is 4.98 Å². The highest BCUT2D eigenvalue weighted by Crippen LogP contribution is 2.36. The molecule has 1 aliphatic rings. The Morgan fingerprint density at radius 3 is 2.43 bits per heavy atom. The minimum Gasteiger partial charge on any atom is -0.493 e. The van der Waals surface area contributed by atoms with Crippen LogP contribution in [-0.2, 0) is 4.79 Å². The van der Waals surface area contributed by atoms with E-state index in [-0.39, 0.29) is 11.8 Å². The summed E-state index contributed by atoms with van der Waals surface area (Å²) in [6.07, 6.45) is 5.12. The summed E-state index contributed by atoms with van der Waals surface area (Å²) in [5, 5.41) is 9.31. The summed E-state index contributed by atoms with van der Waals surface area (Å²) < 4.78 is 10.8. The van der Waals surface area contributed by atoms with Crippen molar-refractivity contribution in [2.24, 2.45) is 11.7 Å². The third-order valence-electron chi connectivity index (χ3n) is 5.70. The molecule has 0 bridgehead atoms. The maximum Gasteiger partial charge on any atom is 0.220 e. The Labute approximate surface area is 175 Å². The van der Waals surface area contributed by atoms with Crippen LogP contribution in [-0.4, -0.2) is 48.4 Å². The van der Waals surface area contributed by atoms with Crippen molar-refractivity contribution in [1.29, 1.82) is 0 Å². The number of amides is 1. The van der Waals surface area contributed by atoms with Gasteiger partial charge in [-0.15, -0.1) is 0 Å². The Kier molecular flexibility index (Phi) is 5.39. The third-order valence-corrected chi connectivity index (χ3v) is 5.70. The van der Waals surface area contributed by atoms with Gasteiger partial charge in [0.25, 0.3) is 0 Å². The summed E-state index contributed by atoms with van der Waals surface area (Å²) in [6.45, 7) is 3.60. The zero-order valence-corrected chi connectivity index (χ0v) is 17.4. The lowest BCUT2D eigenvalue weighted by Gasteiger charge is -2.32. The SMILES string of the molecule is COc1cc2nncc(-c3cnc(N4CCC(C(N)=O)CC4)c(C)c3)c2cc1OC. The van der Waals surface area contributed by atoms with Crippen LogP contribution in [0.5, 0.6) is 11.5 Å². The van der Waals surface area contributed by atoms with Crippen molar-refractivity contribution >= 4 is 22.6 Å². The smallest absolute Gasteiger partial charge is 0.220 e. The number of carbonyl (C=O) groups is 1. The number of rotatable bonds is 5. The predicted molar refractivity (Wildman–Crippen MR) is 115 cm³/mol. The number of nitrogens with zero attached hydrogens (tertiary/aromatic N) is 4. The molecule has 1 amide bonds. The zero-order chi connectivity index (χ0) is 21.3. The minimum atomic E-state index is -0.209. The van der Waals surface area contributed by atoms with Crippen LogP contribution in [0.1, 0.15) is 18.4 Å². The Bertz CT molecular complexity index is 1090. The highest BCUT2D eigenvalue weighted by Gasteiger charge is 2.24. The number of benzene rings is 1.